The predicted molar refractivity (Wildman–Crippen MR) is 104 cm³/mol. The second kappa shape index (κ2) is 11.7. The second-order valence-electron chi connectivity index (χ2n) is 8.50. The van der Waals surface area contributed by atoms with Crippen molar-refractivity contribution in [1.82, 2.24) is 0 Å². The number of hydrogen-bond acceptors (Lipinski definition) is 1. The van der Waals surface area contributed by atoms with Gasteiger partial charge in [-0.3, -0.25) is 0 Å². The quantitative estimate of drug-likeness (QED) is 0.319. The third-order valence-corrected chi connectivity index (χ3v) is 6.58. The van der Waals surface area contributed by atoms with E-state index in [0.717, 1.165) is 17.8 Å². The zero-order chi connectivity index (χ0) is 17.0. The molecule has 24 heavy (non-hydrogen) atoms. The molecule has 0 atom stereocenters. The molecule has 136 valence electrons. The third kappa shape index (κ3) is 7.42. The van der Waals surface area contributed by atoms with Crippen LogP contribution < -0.4 is 0 Å². The van der Waals surface area contributed by atoms with Crippen molar-refractivity contribution in [2.24, 2.45) is 23.7 Å². The van der Waals surface area contributed by atoms with Gasteiger partial charge in [0.05, 0.1) is 6.07 Å². The maximum atomic E-state index is 9.00. The van der Waals surface area contributed by atoms with Gasteiger partial charge in [0.2, 0.25) is 0 Å². The first-order valence-corrected chi connectivity index (χ1v) is 10.9. The average molecular weight is 330 g/mol. The van der Waals surface area contributed by atoms with Crippen LogP contribution in [-0.2, 0) is 0 Å². The highest BCUT2D eigenvalue weighted by molar-refractivity contribution is 4.87. The molecule has 0 spiro atoms. The summed E-state index contributed by atoms with van der Waals surface area (Å²) in [5.41, 5.74) is 0. The topological polar surface area (TPSA) is 23.8 Å². The smallest absolute Gasteiger partial charge is 0.0655 e. The molecule has 0 unspecified atom stereocenters. The van der Waals surface area contributed by atoms with Crippen LogP contribution in [0.2, 0.25) is 0 Å². The Morgan fingerprint density at radius 2 is 1.25 bits per heavy atom. The van der Waals surface area contributed by atoms with Gasteiger partial charge in [0.25, 0.3) is 0 Å². The fourth-order valence-corrected chi connectivity index (χ4v) is 4.79. The monoisotopic (exact) mass is 329 g/mol. The van der Waals surface area contributed by atoms with Crippen LogP contribution in [0.15, 0.2) is 12.2 Å². The number of nitrogens with zero attached hydrogens (tertiary/aromatic N) is 1. The zero-order valence-corrected chi connectivity index (χ0v) is 16.0. The molecule has 2 rings (SSSR count). The van der Waals surface area contributed by atoms with E-state index in [2.05, 4.69) is 25.1 Å². The third-order valence-electron chi connectivity index (χ3n) is 6.58. The van der Waals surface area contributed by atoms with Crippen LogP contribution in [0.1, 0.15) is 103 Å². The van der Waals surface area contributed by atoms with E-state index in [1.165, 1.54) is 96.3 Å². The molecule has 2 aliphatic rings. The molecule has 1 heteroatoms. The average Bonchev–Trinajstić information content (AvgIpc) is 2.64. The van der Waals surface area contributed by atoms with E-state index in [4.69, 9.17) is 5.26 Å². The van der Waals surface area contributed by atoms with Crippen molar-refractivity contribution in [2.45, 2.75) is 103 Å². The minimum Gasteiger partial charge on any atom is -0.198 e. The van der Waals surface area contributed by atoms with Crippen LogP contribution in [0.4, 0.5) is 0 Å². The largest absolute Gasteiger partial charge is 0.198 e. The molecule has 0 amide bonds. The Balaban J connectivity index is 1.50. The Morgan fingerprint density at radius 1 is 0.750 bits per heavy atom. The molecule has 0 bridgehead atoms. The highest BCUT2D eigenvalue weighted by Gasteiger charge is 2.24. The summed E-state index contributed by atoms with van der Waals surface area (Å²) in [4.78, 5) is 0. The van der Waals surface area contributed by atoms with Crippen molar-refractivity contribution < 1.29 is 0 Å². The molecule has 0 aromatic carbocycles. The fraction of sp³-hybridized carbons (Fsp3) is 0.870. The molecular weight excluding hydrogens is 290 g/mol. The van der Waals surface area contributed by atoms with E-state index < -0.39 is 0 Å². The molecule has 2 fully saturated rings. The van der Waals surface area contributed by atoms with E-state index in [1.54, 1.807) is 0 Å². The molecule has 0 saturated heterocycles. The van der Waals surface area contributed by atoms with Crippen LogP contribution in [0.25, 0.3) is 0 Å². The summed E-state index contributed by atoms with van der Waals surface area (Å²) in [5.74, 6) is 3.34. The lowest BCUT2D eigenvalue weighted by Gasteiger charge is -2.31. The highest BCUT2D eigenvalue weighted by atomic mass is 14.3. The molecule has 0 N–H and O–H groups in total. The lowest BCUT2D eigenvalue weighted by molar-refractivity contribution is 0.221. The summed E-state index contributed by atoms with van der Waals surface area (Å²) in [6, 6.07) is 2.46. The Morgan fingerprint density at radius 3 is 1.79 bits per heavy atom. The van der Waals surface area contributed by atoms with Crippen LogP contribution in [0, 0.1) is 35.0 Å². The van der Waals surface area contributed by atoms with Crippen LogP contribution in [0.3, 0.4) is 0 Å². The van der Waals surface area contributed by atoms with Gasteiger partial charge in [-0.2, -0.15) is 5.26 Å². The molecule has 0 heterocycles. The Hall–Kier alpha value is -0.770. The summed E-state index contributed by atoms with van der Waals surface area (Å²) in [7, 11) is 0. The molecular formula is C23H39N. The van der Waals surface area contributed by atoms with E-state index in [-0.39, 0.29) is 0 Å². The number of nitriles is 1. The number of rotatable bonds is 9. The first-order chi connectivity index (χ1) is 11.8. The predicted octanol–water partition coefficient (Wildman–Crippen LogP) is 7.43. The van der Waals surface area contributed by atoms with Crippen molar-refractivity contribution in [2.75, 3.05) is 0 Å². The molecule has 2 saturated carbocycles. The maximum absolute atomic E-state index is 9.00. The minimum atomic E-state index is 0.369. The second-order valence-corrected chi connectivity index (χ2v) is 8.50. The fourth-order valence-electron chi connectivity index (χ4n) is 4.79. The van der Waals surface area contributed by atoms with Crippen molar-refractivity contribution in [3.63, 3.8) is 0 Å². The van der Waals surface area contributed by atoms with Crippen molar-refractivity contribution in [3.8, 4) is 6.07 Å². The van der Waals surface area contributed by atoms with E-state index in [1.807, 2.05) is 0 Å². The lowest BCUT2D eigenvalue weighted by Crippen LogP contribution is -2.17. The van der Waals surface area contributed by atoms with Crippen LogP contribution in [0.5, 0.6) is 0 Å². The first-order valence-electron chi connectivity index (χ1n) is 10.9. The van der Waals surface area contributed by atoms with Gasteiger partial charge in [0.15, 0.2) is 0 Å². The highest BCUT2D eigenvalue weighted by Crippen LogP contribution is 2.37. The van der Waals surface area contributed by atoms with Crippen molar-refractivity contribution in [1.29, 1.82) is 5.26 Å². The summed E-state index contributed by atoms with van der Waals surface area (Å²) < 4.78 is 0. The normalized spacial score (nSPS) is 31.2. The zero-order valence-electron chi connectivity index (χ0n) is 16.0. The maximum Gasteiger partial charge on any atom is 0.0655 e. The van der Waals surface area contributed by atoms with E-state index in [0.29, 0.717) is 5.92 Å². The van der Waals surface area contributed by atoms with Gasteiger partial charge in [-0.05, 0) is 62.7 Å². The Bertz CT molecular complexity index is 375. The number of unbranched alkanes of at least 4 members (excludes halogenated alkanes) is 2. The van der Waals surface area contributed by atoms with Gasteiger partial charge in [0.1, 0.15) is 0 Å². The van der Waals surface area contributed by atoms with Crippen molar-refractivity contribution in [3.05, 3.63) is 12.2 Å². The van der Waals surface area contributed by atoms with E-state index in [9.17, 15) is 0 Å². The van der Waals surface area contributed by atoms with Gasteiger partial charge in [0, 0.05) is 5.92 Å². The molecule has 0 aliphatic heterocycles. The summed E-state index contributed by atoms with van der Waals surface area (Å²) in [6.07, 6.45) is 25.3. The standard InChI is InChI=1S/C23H39N/c1-2-3-4-5-6-7-8-20-9-11-21(12-10-20)13-14-22-15-17-23(19-24)18-16-22/h4-5,20-23H,2-3,6-18H2,1H3/b5-4-/t20-,21-,22-,23-. The van der Waals surface area contributed by atoms with Gasteiger partial charge < -0.3 is 0 Å². The molecule has 0 aromatic rings. The molecule has 0 aromatic heterocycles. The summed E-state index contributed by atoms with van der Waals surface area (Å²) in [6.45, 7) is 2.25. The SMILES string of the molecule is CCC/C=C\CCC[C@H]1CC[C@H](CC[C@H]2CC[C@H](C#N)CC2)CC1. The number of allylic oxidation sites excluding steroid dienone is 2. The Labute approximate surface area is 150 Å². The number of hydrogen-bond donors (Lipinski definition) is 0. The molecule has 2 aliphatic carbocycles. The lowest BCUT2D eigenvalue weighted by atomic mass is 9.75. The van der Waals surface area contributed by atoms with Crippen LogP contribution >= 0.6 is 0 Å². The molecule has 1 nitrogen and oxygen atoms in total. The van der Waals surface area contributed by atoms with Gasteiger partial charge in [-0.1, -0.05) is 70.4 Å². The molecule has 0 radical (unpaired) electrons. The first kappa shape index (κ1) is 19.6. The van der Waals surface area contributed by atoms with Crippen LogP contribution in [-0.4, -0.2) is 0 Å². The minimum absolute atomic E-state index is 0.369. The van der Waals surface area contributed by atoms with Crippen molar-refractivity contribution >= 4 is 0 Å². The van der Waals surface area contributed by atoms with Gasteiger partial charge >= 0.3 is 0 Å². The summed E-state index contributed by atoms with van der Waals surface area (Å²) in [5, 5.41) is 9.00. The van der Waals surface area contributed by atoms with E-state index >= 15 is 0 Å². The Kier molecular flexibility index (Phi) is 9.55. The summed E-state index contributed by atoms with van der Waals surface area (Å²) >= 11 is 0. The van der Waals surface area contributed by atoms with Gasteiger partial charge in [-0.15, -0.1) is 0 Å². The van der Waals surface area contributed by atoms with Gasteiger partial charge in [-0.25, -0.2) is 0 Å².